The molecule has 2 aliphatic rings. The summed E-state index contributed by atoms with van der Waals surface area (Å²) in [6, 6.07) is 11.5. The molecule has 0 radical (unpaired) electrons. The first-order valence-electron chi connectivity index (χ1n) is 8.49. The monoisotopic (exact) mass is 301 g/mol. The maximum atomic E-state index is 12.2. The van der Waals surface area contributed by atoms with Gasteiger partial charge in [-0.25, -0.2) is 0 Å². The van der Waals surface area contributed by atoms with Crippen LogP contribution in [-0.2, 0) is 11.3 Å². The van der Waals surface area contributed by atoms with Crippen molar-refractivity contribution in [3.8, 4) is 0 Å². The van der Waals surface area contributed by atoms with Gasteiger partial charge in [-0.05, 0) is 38.2 Å². The highest BCUT2D eigenvalue weighted by atomic mass is 16.2. The summed E-state index contributed by atoms with van der Waals surface area (Å²) < 4.78 is 0. The van der Waals surface area contributed by atoms with E-state index in [1.807, 2.05) is 4.90 Å². The first kappa shape index (κ1) is 15.5. The van der Waals surface area contributed by atoms with E-state index in [2.05, 4.69) is 35.2 Å². The number of hydrogen-bond acceptors (Lipinski definition) is 3. The molecule has 4 heteroatoms. The molecular formula is C18H27N3O. The van der Waals surface area contributed by atoms with Crippen molar-refractivity contribution in [2.24, 2.45) is 5.73 Å². The summed E-state index contributed by atoms with van der Waals surface area (Å²) in [5.74, 6) is 0.0974. The standard InChI is InChI=1S/C18H27N3O/c1-14(19)18(22)20-11-5-8-17(13-20)21(16-9-10-16)12-15-6-3-2-4-7-15/h2-4,6-7,14,16-17H,5,8-13,19H2,1H3/t14-,17+/m0/s1. The summed E-state index contributed by atoms with van der Waals surface area (Å²) in [5.41, 5.74) is 7.14. The van der Waals surface area contributed by atoms with Crippen LogP contribution in [0.1, 0.15) is 38.2 Å². The Morgan fingerprint density at radius 3 is 2.64 bits per heavy atom. The first-order chi connectivity index (χ1) is 10.6. The third-order valence-electron chi connectivity index (χ3n) is 4.79. The van der Waals surface area contributed by atoms with Crippen LogP contribution in [0.15, 0.2) is 30.3 Å². The lowest BCUT2D eigenvalue weighted by Gasteiger charge is -2.40. The van der Waals surface area contributed by atoms with Gasteiger partial charge in [0.25, 0.3) is 0 Å². The molecule has 1 aliphatic heterocycles. The Labute approximate surface area is 133 Å². The van der Waals surface area contributed by atoms with E-state index in [1.165, 1.54) is 24.8 Å². The molecule has 1 aromatic carbocycles. The van der Waals surface area contributed by atoms with Crippen molar-refractivity contribution in [2.75, 3.05) is 13.1 Å². The minimum Gasteiger partial charge on any atom is -0.340 e. The topological polar surface area (TPSA) is 49.6 Å². The zero-order chi connectivity index (χ0) is 15.5. The number of piperidine rings is 1. The molecule has 2 N–H and O–H groups in total. The number of hydrogen-bond donors (Lipinski definition) is 1. The van der Waals surface area contributed by atoms with Crippen molar-refractivity contribution in [1.29, 1.82) is 0 Å². The molecule has 4 nitrogen and oxygen atoms in total. The van der Waals surface area contributed by atoms with Crippen molar-refractivity contribution < 1.29 is 4.79 Å². The third kappa shape index (κ3) is 3.68. The Bertz CT molecular complexity index is 498. The smallest absolute Gasteiger partial charge is 0.239 e. The first-order valence-corrected chi connectivity index (χ1v) is 8.49. The van der Waals surface area contributed by atoms with Crippen LogP contribution in [0.2, 0.25) is 0 Å². The van der Waals surface area contributed by atoms with Crippen LogP contribution in [0, 0.1) is 0 Å². The van der Waals surface area contributed by atoms with E-state index in [9.17, 15) is 4.79 Å². The van der Waals surface area contributed by atoms with E-state index in [0.29, 0.717) is 12.1 Å². The van der Waals surface area contributed by atoms with Crippen LogP contribution >= 0.6 is 0 Å². The molecule has 0 bridgehead atoms. The summed E-state index contributed by atoms with van der Waals surface area (Å²) in [6.45, 7) is 4.48. The SMILES string of the molecule is C[C@H](N)C(=O)N1CCC[C@@H](N(Cc2ccccc2)C2CC2)C1. The molecular weight excluding hydrogens is 274 g/mol. The average Bonchev–Trinajstić information content (AvgIpc) is 3.37. The van der Waals surface area contributed by atoms with Crippen molar-refractivity contribution in [1.82, 2.24) is 9.80 Å². The van der Waals surface area contributed by atoms with Crippen molar-refractivity contribution >= 4 is 5.91 Å². The van der Waals surface area contributed by atoms with Gasteiger partial charge >= 0.3 is 0 Å². The number of carbonyl (C=O) groups is 1. The quantitative estimate of drug-likeness (QED) is 0.905. The van der Waals surface area contributed by atoms with Crippen molar-refractivity contribution in [2.45, 2.75) is 57.3 Å². The zero-order valence-corrected chi connectivity index (χ0v) is 13.4. The van der Waals surface area contributed by atoms with E-state index in [-0.39, 0.29) is 11.9 Å². The lowest BCUT2D eigenvalue weighted by molar-refractivity contribution is -0.134. The summed E-state index contributed by atoms with van der Waals surface area (Å²) in [5, 5.41) is 0. The largest absolute Gasteiger partial charge is 0.340 e. The van der Waals surface area contributed by atoms with Crippen LogP contribution < -0.4 is 5.73 Å². The molecule has 0 unspecified atom stereocenters. The highest BCUT2D eigenvalue weighted by Gasteiger charge is 2.36. The van der Waals surface area contributed by atoms with Crippen molar-refractivity contribution in [3.05, 3.63) is 35.9 Å². The number of nitrogens with zero attached hydrogens (tertiary/aromatic N) is 2. The summed E-state index contributed by atoms with van der Waals surface area (Å²) in [6.07, 6.45) is 4.86. The van der Waals surface area contributed by atoms with Crippen molar-refractivity contribution in [3.63, 3.8) is 0 Å². The average molecular weight is 301 g/mol. The Morgan fingerprint density at radius 1 is 1.27 bits per heavy atom. The van der Waals surface area contributed by atoms with E-state index < -0.39 is 0 Å². The Balaban J connectivity index is 1.67. The van der Waals surface area contributed by atoms with Crippen LogP contribution in [0.5, 0.6) is 0 Å². The molecule has 1 heterocycles. The van der Waals surface area contributed by atoms with E-state index in [0.717, 1.165) is 26.1 Å². The summed E-state index contributed by atoms with van der Waals surface area (Å²) in [4.78, 5) is 16.8. The second kappa shape index (κ2) is 6.80. The van der Waals surface area contributed by atoms with Gasteiger partial charge in [-0.1, -0.05) is 30.3 Å². The maximum absolute atomic E-state index is 12.2. The number of nitrogens with two attached hydrogens (primary N) is 1. The lowest BCUT2D eigenvalue weighted by atomic mass is 10.0. The Kier molecular flexibility index (Phi) is 4.79. The fourth-order valence-electron chi connectivity index (χ4n) is 3.47. The van der Waals surface area contributed by atoms with Gasteiger partial charge in [-0.2, -0.15) is 0 Å². The van der Waals surface area contributed by atoms with Gasteiger partial charge in [-0.15, -0.1) is 0 Å². The van der Waals surface area contributed by atoms with Gasteiger partial charge in [0.15, 0.2) is 0 Å². The molecule has 2 fully saturated rings. The third-order valence-corrected chi connectivity index (χ3v) is 4.79. The fraction of sp³-hybridized carbons (Fsp3) is 0.611. The molecule has 1 saturated carbocycles. The summed E-state index contributed by atoms with van der Waals surface area (Å²) in [7, 11) is 0. The van der Waals surface area contributed by atoms with Gasteiger partial charge in [-0.3, -0.25) is 9.69 Å². The molecule has 3 rings (SSSR count). The number of benzene rings is 1. The number of carbonyl (C=O) groups excluding carboxylic acids is 1. The highest BCUT2D eigenvalue weighted by molar-refractivity contribution is 5.81. The lowest BCUT2D eigenvalue weighted by Crippen LogP contribution is -2.53. The predicted molar refractivity (Wildman–Crippen MR) is 88.3 cm³/mol. The molecule has 1 saturated heterocycles. The number of rotatable bonds is 5. The second-order valence-electron chi connectivity index (χ2n) is 6.76. The van der Waals surface area contributed by atoms with Gasteiger partial charge in [0, 0.05) is 31.7 Å². The fourth-order valence-corrected chi connectivity index (χ4v) is 3.47. The predicted octanol–water partition coefficient (Wildman–Crippen LogP) is 1.99. The molecule has 120 valence electrons. The minimum absolute atomic E-state index is 0.0974. The second-order valence-corrected chi connectivity index (χ2v) is 6.76. The molecule has 1 amide bonds. The zero-order valence-electron chi connectivity index (χ0n) is 13.4. The Hall–Kier alpha value is -1.39. The van der Waals surface area contributed by atoms with Gasteiger partial charge in [0.05, 0.1) is 6.04 Å². The van der Waals surface area contributed by atoms with Gasteiger partial charge in [0.1, 0.15) is 0 Å². The maximum Gasteiger partial charge on any atom is 0.239 e. The Morgan fingerprint density at radius 2 is 2.00 bits per heavy atom. The van der Waals surface area contributed by atoms with Crippen LogP contribution in [0.25, 0.3) is 0 Å². The van der Waals surface area contributed by atoms with Crippen LogP contribution in [0.4, 0.5) is 0 Å². The number of likely N-dealkylation sites (tertiary alicyclic amines) is 1. The molecule has 0 spiro atoms. The minimum atomic E-state index is -0.387. The van der Waals surface area contributed by atoms with E-state index >= 15 is 0 Å². The normalized spacial score (nSPS) is 23.6. The van der Waals surface area contributed by atoms with Gasteiger partial charge in [0.2, 0.25) is 5.91 Å². The van der Waals surface area contributed by atoms with Crippen LogP contribution in [-0.4, -0.2) is 46.9 Å². The molecule has 0 aromatic heterocycles. The van der Waals surface area contributed by atoms with E-state index in [4.69, 9.17) is 5.73 Å². The highest BCUT2D eigenvalue weighted by Crippen LogP contribution is 2.32. The summed E-state index contributed by atoms with van der Waals surface area (Å²) >= 11 is 0. The molecule has 2 atom stereocenters. The van der Waals surface area contributed by atoms with Gasteiger partial charge < -0.3 is 10.6 Å². The molecule has 1 aromatic rings. The van der Waals surface area contributed by atoms with E-state index in [1.54, 1.807) is 6.92 Å². The molecule has 1 aliphatic carbocycles. The number of amides is 1. The molecule has 22 heavy (non-hydrogen) atoms. The van der Waals surface area contributed by atoms with Crippen LogP contribution in [0.3, 0.4) is 0 Å².